The highest BCUT2D eigenvalue weighted by atomic mass is 16.7. The van der Waals surface area contributed by atoms with E-state index in [2.05, 4.69) is 19.2 Å². The first-order chi connectivity index (χ1) is 7.29. The molecule has 0 aromatic heterocycles. The molecule has 0 bridgehead atoms. The predicted molar refractivity (Wildman–Crippen MR) is 61.0 cm³/mol. The minimum atomic E-state index is -0.242. The molecule has 0 saturated heterocycles. The highest BCUT2D eigenvalue weighted by Crippen LogP contribution is 2.01. The molecule has 1 N–H and O–H groups in total. The number of hydrogen-bond donors (Lipinski definition) is 1. The van der Waals surface area contributed by atoms with E-state index in [1.165, 1.54) is 0 Å². The fraction of sp³-hybridized carbons (Fsp3) is 1.00. The second kappa shape index (κ2) is 10.4. The monoisotopic (exact) mass is 219 g/mol. The molecule has 0 aliphatic rings. The molecule has 0 heterocycles. The van der Waals surface area contributed by atoms with Gasteiger partial charge in [-0.3, -0.25) is 0 Å². The summed E-state index contributed by atoms with van der Waals surface area (Å²) < 4.78 is 16.0. The lowest BCUT2D eigenvalue weighted by molar-refractivity contribution is -0.134. The van der Waals surface area contributed by atoms with Gasteiger partial charge in [0.1, 0.15) is 0 Å². The predicted octanol–water partition coefficient (Wildman–Crippen LogP) is 1.40. The first kappa shape index (κ1) is 14.8. The molecule has 0 aromatic rings. The fourth-order valence-electron chi connectivity index (χ4n) is 1.34. The molecule has 0 aromatic carbocycles. The molecule has 4 heteroatoms. The Morgan fingerprint density at radius 1 is 1.07 bits per heavy atom. The summed E-state index contributed by atoms with van der Waals surface area (Å²) >= 11 is 0. The highest BCUT2D eigenvalue weighted by Gasteiger charge is 2.19. The molecule has 0 spiro atoms. The van der Waals surface area contributed by atoms with E-state index in [9.17, 15) is 0 Å². The van der Waals surface area contributed by atoms with Crippen LogP contribution >= 0.6 is 0 Å². The lowest BCUT2D eigenvalue weighted by Crippen LogP contribution is -2.45. The molecule has 1 atom stereocenters. The molecule has 0 fully saturated rings. The van der Waals surface area contributed by atoms with Crippen molar-refractivity contribution in [3.8, 4) is 0 Å². The van der Waals surface area contributed by atoms with Gasteiger partial charge < -0.3 is 19.5 Å². The van der Waals surface area contributed by atoms with E-state index in [0.29, 0.717) is 6.61 Å². The van der Waals surface area contributed by atoms with Crippen LogP contribution in [0.2, 0.25) is 0 Å². The molecule has 0 aliphatic heterocycles. The van der Waals surface area contributed by atoms with Crippen LogP contribution in [0.4, 0.5) is 0 Å². The van der Waals surface area contributed by atoms with E-state index in [0.717, 1.165) is 26.0 Å². The van der Waals surface area contributed by atoms with Crippen molar-refractivity contribution >= 4 is 0 Å². The van der Waals surface area contributed by atoms with Crippen molar-refractivity contribution < 1.29 is 14.2 Å². The molecule has 0 saturated carbocycles. The standard InChI is InChI=1S/C11H25NO3/c1-5-7-12-10(9-15-8-6-2)11(13-3)14-4/h10-12H,5-9H2,1-4H3. The van der Waals surface area contributed by atoms with Crippen molar-refractivity contribution in [3.05, 3.63) is 0 Å². The van der Waals surface area contributed by atoms with Crippen LogP contribution in [-0.4, -0.2) is 46.3 Å². The molecule has 92 valence electrons. The zero-order valence-electron chi connectivity index (χ0n) is 10.4. The van der Waals surface area contributed by atoms with Crippen molar-refractivity contribution in [1.82, 2.24) is 5.32 Å². The van der Waals surface area contributed by atoms with Gasteiger partial charge in [-0.1, -0.05) is 13.8 Å². The number of ether oxygens (including phenoxy) is 3. The third-order valence-electron chi connectivity index (χ3n) is 2.10. The maximum atomic E-state index is 5.50. The summed E-state index contributed by atoms with van der Waals surface area (Å²) in [4.78, 5) is 0. The topological polar surface area (TPSA) is 39.7 Å². The van der Waals surface area contributed by atoms with Gasteiger partial charge in [0.15, 0.2) is 6.29 Å². The van der Waals surface area contributed by atoms with E-state index in [-0.39, 0.29) is 12.3 Å². The number of methoxy groups -OCH3 is 2. The van der Waals surface area contributed by atoms with Crippen LogP contribution in [0.25, 0.3) is 0 Å². The summed E-state index contributed by atoms with van der Waals surface area (Å²) in [5.74, 6) is 0. The Morgan fingerprint density at radius 3 is 2.20 bits per heavy atom. The van der Waals surface area contributed by atoms with Crippen molar-refractivity contribution in [2.75, 3.05) is 34.0 Å². The number of nitrogens with one attached hydrogen (secondary N) is 1. The van der Waals surface area contributed by atoms with Gasteiger partial charge in [0, 0.05) is 20.8 Å². The third kappa shape index (κ3) is 6.84. The summed E-state index contributed by atoms with van der Waals surface area (Å²) in [6.45, 7) is 6.58. The van der Waals surface area contributed by atoms with Crippen molar-refractivity contribution in [3.63, 3.8) is 0 Å². The normalized spacial score (nSPS) is 13.4. The first-order valence-corrected chi connectivity index (χ1v) is 5.66. The lowest BCUT2D eigenvalue weighted by atomic mass is 10.3. The Hall–Kier alpha value is -0.160. The smallest absolute Gasteiger partial charge is 0.174 e. The van der Waals surface area contributed by atoms with Gasteiger partial charge in [-0.25, -0.2) is 0 Å². The van der Waals surface area contributed by atoms with Crippen LogP contribution in [0.15, 0.2) is 0 Å². The number of rotatable bonds is 10. The van der Waals surface area contributed by atoms with Crippen molar-refractivity contribution in [2.45, 2.75) is 39.0 Å². The van der Waals surface area contributed by atoms with E-state index < -0.39 is 0 Å². The van der Waals surface area contributed by atoms with Crippen LogP contribution in [0, 0.1) is 0 Å². The minimum Gasteiger partial charge on any atom is -0.380 e. The SMILES string of the molecule is CCCNC(COCCC)C(OC)OC. The first-order valence-electron chi connectivity index (χ1n) is 5.66. The van der Waals surface area contributed by atoms with Crippen molar-refractivity contribution in [1.29, 1.82) is 0 Å². The van der Waals surface area contributed by atoms with Crippen molar-refractivity contribution in [2.24, 2.45) is 0 Å². The van der Waals surface area contributed by atoms with Gasteiger partial charge in [-0.15, -0.1) is 0 Å². The van der Waals surface area contributed by atoms with Gasteiger partial charge in [0.25, 0.3) is 0 Å². The zero-order valence-corrected chi connectivity index (χ0v) is 10.4. The second-order valence-electron chi connectivity index (χ2n) is 3.48. The van der Waals surface area contributed by atoms with Crippen LogP contribution in [0.1, 0.15) is 26.7 Å². The highest BCUT2D eigenvalue weighted by molar-refractivity contribution is 4.69. The van der Waals surface area contributed by atoms with Gasteiger partial charge in [0.05, 0.1) is 12.6 Å². The number of hydrogen-bond acceptors (Lipinski definition) is 4. The third-order valence-corrected chi connectivity index (χ3v) is 2.10. The van der Waals surface area contributed by atoms with E-state index in [1.54, 1.807) is 14.2 Å². The molecule has 0 amide bonds. The summed E-state index contributed by atoms with van der Waals surface area (Å²) in [6, 6.07) is 0.103. The van der Waals surface area contributed by atoms with E-state index in [1.807, 2.05) is 0 Å². The Kier molecular flexibility index (Phi) is 10.3. The molecule has 0 aliphatic carbocycles. The van der Waals surface area contributed by atoms with Crippen LogP contribution in [-0.2, 0) is 14.2 Å². The van der Waals surface area contributed by atoms with Crippen LogP contribution < -0.4 is 5.32 Å². The quantitative estimate of drug-likeness (QED) is 0.445. The summed E-state index contributed by atoms with van der Waals surface area (Å²) in [5.41, 5.74) is 0. The lowest BCUT2D eigenvalue weighted by Gasteiger charge is -2.25. The zero-order chi connectivity index (χ0) is 11.5. The van der Waals surface area contributed by atoms with Gasteiger partial charge in [-0.05, 0) is 19.4 Å². The molecule has 15 heavy (non-hydrogen) atoms. The molecule has 0 radical (unpaired) electrons. The van der Waals surface area contributed by atoms with Gasteiger partial charge in [-0.2, -0.15) is 0 Å². The van der Waals surface area contributed by atoms with Gasteiger partial charge in [0.2, 0.25) is 0 Å². The maximum absolute atomic E-state index is 5.50. The molecular formula is C11H25NO3. The Balaban J connectivity index is 3.91. The minimum absolute atomic E-state index is 0.103. The van der Waals surface area contributed by atoms with Gasteiger partial charge >= 0.3 is 0 Å². The maximum Gasteiger partial charge on any atom is 0.174 e. The molecule has 4 nitrogen and oxygen atoms in total. The summed E-state index contributed by atoms with van der Waals surface area (Å²) in [6.07, 6.45) is 1.88. The van der Waals surface area contributed by atoms with E-state index >= 15 is 0 Å². The van der Waals surface area contributed by atoms with Crippen LogP contribution in [0.5, 0.6) is 0 Å². The Morgan fingerprint density at radius 2 is 1.73 bits per heavy atom. The largest absolute Gasteiger partial charge is 0.380 e. The average Bonchev–Trinajstić information content (AvgIpc) is 2.26. The fourth-order valence-corrected chi connectivity index (χ4v) is 1.34. The Bertz CT molecular complexity index is 129. The summed E-state index contributed by atoms with van der Waals surface area (Å²) in [7, 11) is 3.29. The molecule has 0 rings (SSSR count). The Labute approximate surface area is 93.3 Å². The molecule has 1 unspecified atom stereocenters. The van der Waals surface area contributed by atoms with E-state index in [4.69, 9.17) is 14.2 Å². The molecular weight excluding hydrogens is 194 g/mol. The average molecular weight is 219 g/mol. The summed E-state index contributed by atoms with van der Waals surface area (Å²) in [5, 5.41) is 3.36. The second-order valence-corrected chi connectivity index (χ2v) is 3.48. The van der Waals surface area contributed by atoms with Crippen LogP contribution in [0.3, 0.4) is 0 Å².